The zero-order valence-corrected chi connectivity index (χ0v) is 10.9. The Balaban J connectivity index is 1.95. The number of rotatable bonds is 5. The fourth-order valence-corrected chi connectivity index (χ4v) is 2.33. The van der Waals surface area contributed by atoms with E-state index in [0.717, 1.165) is 32.7 Å². The minimum Gasteiger partial charge on any atom is -0.374 e. The van der Waals surface area contributed by atoms with Crippen LogP contribution in [0.2, 0.25) is 0 Å². The molecule has 0 spiro atoms. The summed E-state index contributed by atoms with van der Waals surface area (Å²) in [5.74, 6) is 5.67. The maximum Gasteiger partial charge on any atom is 0.0871 e. The molecule has 0 saturated carbocycles. The van der Waals surface area contributed by atoms with Crippen LogP contribution in [-0.4, -0.2) is 48.3 Å². The molecule has 1 aliphatic heterocycles. The summed E-state index contributed by atoms with van der Waals surface area (Å²) >= 11 is 0. The van der Waals surface area contributed by atoms with Crippen LogP contribution in [0.25, 0.3) is 0 Å². The molecule has 0 amide bonds. The van der Waals surface area contributed by atoms with E-state index in [0.29, 0.717) is 0 Å². The van der Waals surface area contributed by atoms with E-state index >= 15 is 0 Å². The number of hydrazine groups is 1. The van der Waals surface area contributed by atoms with Gasteiger partial charge in [0, 0.05) is 25.5 Å². The molecule has 0 aliphatic carbocycles. The molecule has 2 unspecified atom stereocenters. The maximum atomic E-state index is 5.84. The normalized spacial score (nSPS) is 22.9. The zero-order chi connectivity index (χ0) is 12.8. The van der Waals surface area contributed by atoms with Gasteiger partial charge < -0.3 is 4.74 Å². The third kappa shape index (κ3) is 3.49. The van der Waals surface area contributed by atoms with Gasteiger partial charge in [0.25, 0.3) is 0 Å². The fraction of sp³-hybridized carbons (Fsp3) is 0.615. The molecule has 18 heavy (non-hydrogen) atoms. The minimum absolute atomic E-state index is 0.141. The second-order valence-electron chi connectivity index (χ2n) is 4.64. The summed E-state index contributed by atoms with van der Waals surface area (Å²) in [6.07, 6.45) is 4.63. The van der Waals surface area contributed by atoms with Crippen molar-refractivity contribution in [1.29, 1.82) is 0 Å². The number of ether oxygens (including phenoxy) is 1. The number of pyridine rings is 1. The lowest BCUT2D eigenvalue weighted by atomic mass is 10.0. The van der Waals surface area contributed by atoms with E-state index in [1.165, 1.54) is 5.56 Å². The second kappa shape index (κ2) is 6.80. The molecule has 2 atom stereocenters. The van der Waals surface area contributed by atoms with Crippen molar-refractivity contribution in [3.8, 4) is 0 Å². The maximum absolute atomic E-state index is 5.84. The highest BCUT2D eigenvalue weighted by molar-refractivity contribution is 5.12. The number of hydrogen-bond donors (Lipinski definition) is 2. The first-order valence-corrected chi connectivity index (χ1v) is 6.52. The lowest BCUT2D eigenvalue weighted by molar-refractivity contribution is -0.0447. The first-order valence-electron chi connectivity index (χ1n) is 6.52. The van der Waals surface area contributed by atoms with E-state index in [1.807, 2.05) is 24.5 Å². The van der Waals surface area contributed by atoms with Crippen LogP contribution in [0.1, 0.15) is 12.5 Å². The van der Waals surface area contributed by atoms with E-state index in [2.05, 4.69) is 22.2 Å². The predicted molar refractivity (Wildman–Crippen MR) is 70.9 cm³/mol. The molecule has 100 valence electrons. The van der Waals surface area contributed by atoms with E-state index < -0.39 is 0 Å². The SMILES string of the molecule is CCN1CCOC(C(Cc2ccncc2)NN)C1. The average molecular weight is 250 g/mol. The summed E-state index contributed by atoms with van der Waals surface area (Å²) in [4.78, 5) is 6.42. The van der Waals surface area contributed by atoms with E-state index in [4.69, 9.17) is 10.6 Å². The number of nitrogens with zero attached hydrogens (tertiary/aromatic N) is 2. The van der Waals surface area contributed by atoms with Gasteiger partial charge in [0.15, 0.2) is 0 Å². The van der Waals surface area contributed by atoms with E-state index in [-0.39, 0.29) is 12.1 Å². The average Bonchev–Trinajstić information content (AvgIpc) is 2.46. The molecule has 1 fully saturated rings. The van der Waals surface area contributed by atoms with Crippen molar-refractivity contribution >= 4 is 0 Å². The van der Waals surface area contributed by atoms with Gasteiger partial charge in [-0.2, -0.15) is 0 Å². The highest BCUT2D eigenvalue weighted by atomic mass is 16.5. The second-order valence-corrected chi connectivity index (χ2v) is 4.64. The van der Waals surface area contributed by atoms with Crippen molar-refractivity contribution in [3.63, 3.8) is 0 Å². The van der Waals surface area contributed by atoms with E-state index in [1.54, 1.807) is 0 Å². The molecular weight excluding hydrogens is 228 g/mol. The molecule has 1 aliphatic rings. The zero-order valence-electron chi connectivity index (χ0n) is 10.9. The lowest BCUT2D eigenvalue weighted by Gasteiger charge is -2.36. The molecule has 1 aromatic heterocycles. The minimum atomic E-state index is 0.141. The quantitative estimate of drug-likeness (QED) is 0.576. The van der Waals surface area contributed by atoms with Crippen LogP contribution < -0.4 is 11.3 Å². The van der Waals surface area contributed by atoms with Crippen molar-refractivity contribution in [2.75, 3.05) is 26.2 Å². The predicted octanol–water partition coefficient (Wildman–Crippen LogP) is 0.177. The summed E-state index contributed by atoms with van der Waals surface area (Å²) in [7, 11) is 0. The summed E-state index contributed by atoms with van der Waals surface area (Å²) in [5.41, 5.74) is 4.12. The Kier molecular flexibility index (Phi) is 5.07. The first kappa shape index (κ1) is 13.4. The molecule has 0 radical (unpaired) electrons. The van der Waals surface area contributed by atoms with Crippen molar-refractivity contribution in [1.82, 2.24) is 15.3 Å². The van der Waals surface area contributed by atoms with Crippen LogP contribution in [-0.2, 0) is 11.2 Å². The van der Waals surface area contributed by atoms with Gasteiger partial charge >= 0.3 is 0 Å². The Morgan fingerprint density at radius 1 is 1.56 bits per heavy atom. The van der Waals surface area contributed by atoms with Gasteiger partial charge in [0.2, 0.25) is 0 Å². The van der Waals surface area contributed by atoms with Crippen LogP contribution >= 0.6 is 0 Å². The monoisotopic (exact) mass is 250 g/mol. The van der Waals surface area contributed by atoms with Crippen LogP contribution in [0.15, 0.2) is 24.5 Å². The number of morpholine rings is 1. The van der Waals surface area contributed by atoms with Gasteiger partial charge in [-0.3, -0.25) is 21.2 Å². The Hall–Kier alpha value is -1.01. The van der Waals surface area contributed by atoms with Crippen molar-refractivity contribution in [2.45, 2.75) is 25.5 Å². The molecule has 2 rings (SSSR count). The molecule has 1 aromatic rings. The first-order chi connectivity index (χ1) is 8.83. The number of hydrogen-bond acceptors (Lipinski definition) is 5. The Bertz CT molecular complexity index is 346. The van der Waals surface area contributed by atoms with Crippen molar-refractivity contribution < 1.29 is 4.74 Å². The van der Waals surface area contributed by atoms with Gasteiger partial charge in [-0.25, -0.2) is 0 Å². The van der Waals surface area contributed by atoms with Crippen molar-refractivity contribution in [3.05, 3.63) is 30.1 Å². The Labute approximate surface area is 108 Å². The third-order valence-corrected chi connectivity index (χ3v) is 3.49. The molecule has 1 saturated heterocycles. The standard InChI is InChI=1S/C13H22N4O/c1-2-17-7-8-18-13(10-17)12(16-14)9-11-3-5-15-6-4-11/h3-6,12-13,16H,2,7-10,14H2,1H3. The number of aromatic nitrogens is 1. The van der Waals surface area contributed by atoms with Gasteiger partial charge in [0.1, 0.15) is 0 Å². The number of nitrogens with two attached hydrogens (primary N) is 1. The highest BCUT2D eigenvalue weighted by Crippen LogP contribution is 2.12. The van der Waals surface area contributed by atoms with Gasteiger partial charge in [-0.1, -0.05) is 6.92 Å². The number of likely N-dealkylation sites (N-methyl/N-ethyl adjacent to an activating group) is 1. The summed E-state index contributed by atoms with van der Waals surface area (Å²) in [6.45, 7) is 5.98. The Morgan fingerprint density at radius 3 is 3.00 bits per heavy atom. The highest BCUT2D eigenvalue weighted by Gasteiger charge is 2.26. The molecule has 0 aromatic carbocycles. The smallest absolute Gasteiger partial charge is 0.0871 e. The van der Waals surface area contributed by atoms with Gasteiger partial charge in [-0.05, 0) is 30.7 Å². The van der Waals surface area contributed by atoms with Gasteiger partial charge in [0.05, 0.1) is 18.8 Å². The largest absolute Gasteiger partial charge is 0.374 e. The van der Waals surface area contributed by atoms with Crippen molar-refractivity contribution in [2.24, 2.45) is 5.84 Å². The van der Waals surface area contributed by atoms with Crippen LogP contribution in [0.5, 0.6) is 0 Å². The molecule has 5 heteroatoms. The Morgan fingerprint density at radius 2 is 2.33 bits per heavy atom. The molecule has 0 bridgehead atoms. The molecule has 3 N–H and O–H groups in total. The molecular formula is C13H22N4O. The summed E-state index contributed by atoms with van der Waals surface area (Å²) in [5, 5.41) is 0. The fourth-order valence-electron chi connectivity index (χ4n) is 2.33. The van der Waals surface area contributed by atoms with Crippen LogP contribution in [0, 0.1) is 0 Å². The van der Waals surface area contributed by atoms with E-state index in [9.17, 15) is 0 Å². The molecule has 2 heterocycles. The summed E-state index contributed by atoms with van der Waals surface area (Å²) < 4.78 is 5.84. The van der Waals surface area contributed by atoms with Crippen LogP contribution in [0.4, 0.5) is 0 Å². The van der Waals surface area contributed by atoms with Gasteiger partial charge in [-0.15, -0.1) is 0 Å². The molecule has 5 nitrogen and oxygen atoms in total. The summed E-state index contributed by atoms with van der Waals surface area (Å²) in [6, 6.07) is 4.18. The van der Waals surface area contributed by atoms with Crippen LogP contribution in [0.3, 0.4) is 0 Å². The number of nitrogens with one attached hydrogen (secondary N) is 1. The third-order valence-electron chi connectivity index (χ3n) is 3.49. The topological polar surface area (TPSA) is 63.4 Å². The lowest BCUT2D eigenvalue weighted by Crippen LogP contribution is -2.54.